The lowest BCUT2D eigenvalue weighted by atomic mass is 10.2. The topological polar surface area (TPSA) is 56.7 Å². The Kier molecular flexibility index (Phi) is 3.58. The summed E-state index contributed by atoms with van der Waals surface area (Å²) >= 11 is 0. The number of amides is 1. The molecule has 1 aliphatic heterocycles. The van der Waals surface area contributed by atoms with E-state index in [2.05, 4.69) is 9.88 Å². The molecule has 5 heteroatoms. The van der Waals surface area contributed by atoms with Crippen LogP contribution in [0.1, 0.15) is 18.6 Å². The molecule has 17 heavy (non-hydrogen) atoms. The van der Waals surface area contributed by atoms with E-state index < -0.39 is 6.10 Å². The Morgan fingerprint density at radius 2 is 2.06 bits per heavy atom. The molecule has 1 saturated heterocycles. The number of rotatable bonds is 3. The van der Waals surface area contributed by atoms with Gasteiger partial charge in [-0.2, -0.15) is 0 Å². The molecular formula is C12H17N3O2. The Bertz CT molecular complexity index is 370. The van der Waals surface area contributed by atoms with Gasteiger partial charge in [0.25, 0.3) is 0 Å². The molecule has 1 atom stereocenters. The third-order valence-electron chi connectivity index (χ3n) is 3.04. The van der Waals surface area contributed by atoms with Crippen molar-refractivity contribution in [1.29, 1.82) is 0 Å². The molecule has 1 amide bonds. The molecule has 0 spiro atoms. The van der Waals surface area contributed by atoms with E-state index in [1.54, 1.807) is 18.0 Å². The van der Waals surface area contributed by atoms with E-state index in [9.17, 15) is 9.90 Å². The van der Waals surface area contributed by atoms with E-state index in [-0.39, 0.29) is 0 Å². The van der Waals surface area contributed by atoms with Gasteiger partial charge in [-0.15, -0.1) is 0 Å². The quantitative estimate of drug-likeness (QED) is 0.771. The second-order valence-electron chi connectivity index (χ2n) is 4.25. The Balaban J connectivity index is 2.01. The highest BCUT2D eigenvalue weighted by atomic mass is 16.3. The fourth-order valence-corrected chi connectivity index (χ4v) is 1.89. The van der Waals surface area contributed by atoms with Gasteiger partial charge in [0.15, 0.2) is 0 Å². The van der Waals surface area contributed by atoms with Gasteiger partial charge >= 0.3 is 0 Å². The summed E-state index contributed by atoms with van der Waals surface area (Å²) in [5.74, 6) is 0.903. The number of anilines is 1. The predicted molar refractivity (Wildman–Crippen MR) is 64.7 cm³/mol. The van der Waals surface area contributed by atoms with Crippen LogP contribution in [0.25, 0.3) is 0 Å². The molecule has 1 fully saturated rings. The molecule has 0 aliphatic carbocycles. The number of nitrogens with zero attached hydrogens (tertiary/aromatic N) is 3. The summed E-state index contributed by atoms with van der Waals surface area (Å²) in [6.45, 7) is 4.81. The van der Waals surface area contributed by atoms with Gasteiger partial charge in [0.05, 0.1) is 6.10 Å². The molecule has 1 aromatic rings. The number of piperazine rings is 1. The second-order valence-corrected chi connectivity index (χ2v) is 4.25. The highest BCUT2D eigenvalue weighted by Gasteiger charge is 2.16. The number of aliphatic hydroxyl groups is 1. The smallest absolute Gasteiger partial charge is 0.209 e. The van der Waals surface area contributed by atoms with Crippen LogP contribution in [0.3, 0.4) is 0 Å². The number of hydrogen-bond acceptors (Lipinski definition) is 4. The fourth-order valence-electron chi connectivity index (χ4n) is 1.89. The first-order valence-corrected chi connectivity index (χ1v) is 5.79. The molecule has 1 aromatic heterocycles. The summed E-state index contributed by atoms with van der Waals surface area (Å²) in [5.41, 5.74) is 0.820. The average Bonchev–Trinajstić information content (AvgIpc) is 2.39. The maximum absolute atomic E-state index is 10.6. The van der Waals surface area contributed by atoms with Gasteiger partial charge in [0, 0.05) is 32.4 Å². The van der Waals surface area contributed by atoms with E-state index in [4.69, 9.17) is 0 Å². The Labute approximate surface area is 101 Å². The molecule has 0 bridgehead atoms. The van der Waals surface area contributed by atoms with Crippen LogP contribution in [0.4, 0.5) is 5.82 Å². The summed E-state index contributed by atoms with van der Waals surface area (Å²) in [7, 11) is 0. The largest absolute Gasteiger partial charge is 0.389 e. The van der Waals surface area contributed by atoms with E-state index in [1.165, 1.54) is 0 Å². The summed E-state index contributed by atoms with van der Waals surface area (Å²) in [4.78, 5) is 18.8. The van der Waals surface area contributed by atoms with Crippen LogP contribution < -0.4 is 4.90 Å². The lowest BCUT2D eigenvalue weighted by Crippen LogP contribution is -2.46. The zero-order valence-corrected chi connectivity index (χ0v) is 9.91. The lowest BCUT2D eigenvalue weighted by molar-refractivity contribution is -0.118. The highest BCUT2D eigenvalue weighted by Crippen LogP contribution is 2.16. The van der Waals surface area contributed by atoms with Crippen molar-refractivity contribution in [3.05, 3.63) is 23.9 Å². The van der Waals surface area contributed by atoms with Gasteiger partial charge in [-0.3, -0.25) is 4.79 Å². The van der Waals surface area contributed by atoms with E-state index in [1.807, 2.05) is 12.1 Å². The number of aromatic nitrogens is 1. The summed E-state index contributed by atoms with van der Waals surface area (Å²) in [6.07, 6.45) is 2.11. The van der Waals surface area contributed by atoms with E-state index in [0.717, 1.165) is 44.0 Å². The third-order valence-corrected chi connectivity index (χ3v) is 3.04. The standard InChI is InChI=1S/C12H17N3O2/c1-10(17)11-2-3-12(13-8-11)15-6-4-14(9-16)5-7-15/h2-3,8-10,17H,4-7H2,1H3. The second kappa shape index (κ2) is 5.14. The van der Waals surface area contributed by atoms with Gasteiger partial charge < -0.3 is 14.9 Å². The normalized spacial score (nSPS) is 18.0. The lowest BCUT2D eigenvalue weighted by Gasteiger charge is -2.33. The van der Waals surface area contributed by atoms with Gasteiger partial charge in [0.2, 0.25) is 6.41 Å². The van der Waals surface area contributed by atoms with Crippen molar-refractivity contribution >= 4 is 12.2 Å². The first-order chi connectivity index (χ1) is 8.20. The molecule has 2 rings (SSSR count). The SMILES string of the molecule is CC(O)c1ccc(N2CCN(C=O)CC2)nc1. The van der Waals surface area contributed by atoms with Crippen LogP contribution in [-0.2, 0) is 4.79 Å². The van der Waals surface area contributed by atoms with Gasteiger partial charge in [-0.05, 0) is 18.6 Å². The van der Waals surface area contributed by atoms with Crippen molar-refractivity contribution in [3.8, 4) is 0 Å². The predicted octanol–water partition coefficient (Wildman–Crippen LogP) is 0.413. The molecule has 0 aromatic carbocycles. The van der Waals surface area contributed by atoms with E-state index in [0.29, 0.717) is 0 Å². The van der Waals surface area contributed by atoms with Crippen LogP contribution in [0.2, 0.25) is 0 Å². The number of pyridine rings is 1. The minimum atomic E-state index is -0.483. The molecule has 0 saturated carbocycles. The molecule has 1 aliphatic rings. The molecule has 1 unspecified atom stereocenters. The Morgan fingerprint density at radius 3 is 2.53 bits per heavy atom. The zero-order valence-electron chi connectivity index (χ0n) is 9.91. The number of aliphatic hydroxyl groups excluding tert-OH is 1. The van der Waals surface area contributed by atoms with Crippen LogP contribution in [0.5, 0.6) is 0 Å². The maximum atomic E-state index is 10.6. The number of carbonyl (C=O) groups excluding carboxylic acids is 1. The van der Waals surface area contributed by atoms with Crippen LogP contribution in [0, 0.1) is 0 Å². The van der Waals surface area contributed by atoms with Crippen LogP contribution in [0.15, 0.2) is 18.3 Å². The molecule has 0 radical (unpaired) electrons. The van der Waals surface area contributed by atoms with Crippen molar-refractivity contribution in [2.24, 2.45) is 0 Å². The van der Waals surface area contributed by atoms with Gasteiger partial charge in [-0.1, -0.05) is 6.07 Å². The molecule has 1 N–H and O–H groups in total. The van der Waals surface area contributed by atoms with Crippen LogP contribution in [-0.4, -0.2) is 47.6 Å². The minimum absolute atomic E-state index is 0.483. The first kappa shape index (κ1) is 11.9. The summed E-state index contributed by atoms with van der Waals surface area (Å²) in [5, 5.41) is 9.39. The Morgan fingerprint density at radius 1 is 1.35 bits per heavy atom. The van der Waals surface area contributed by atoms with Crippen molar-refractivity contribution in [2.75, 3.05) is 31.1 Å². The first-order valence-electron chi connectivity index (χ1n) is 5.79. The van der Waals surface area contributed by atoms with Crippen molar-refractivity contribution in [2.45, 2.75) is 13.0 Å². The van der Waals surface area contributed by atoms with Gasteiger partial charge in [-0.25, -0.2) is 4.98 Å². The van der Waals surface area contributed by atoms with Crippen LogP contribution >= 0.6 is 0 Å². The number of hydrogen-bond donors (Lipinski definition) is 1. The molecule has 92 valence electrons. The van der Waals surface area contributed by atoms with Crippen molar-refractivity contribution < 1.29 is 9.90 Å². The minimum Gasteiger partial charge on any atom is -0.389 e. The maximum Gasteiger partial charge on any atom is 0.209 e. The Hall–Kier alpha value is -1.62. The molecule has 5 nitrogen and oxygen atoms in total. The number of carbonyl (C=O) groups is 1. The zero-order chi connectivity index (χ0) is 12.3. The van der Waals surface area contributed by atoms with Gasteiger partial charge in [0.1, 0.15) is 5.82 Å². The third kappa shape index (κ3) is 2.74. The highest BCUT2D eigenvalue weighted by molar-refractivity contribution is 5.49. The average molecular weight is 235 g/mol. The molecular weight excluding hydrogens is 218 g/mol. The fraction of sp³-hybridized carbons (Fsp3) is 0.500. The summed E-state index contributed by atoms with van der Waals surface area (Å²) < 4.78 is 0. The van der Waals surface area contributed by atoms with Crippen molar-refractivity contribution in [3.63, 3.8) is 0 Å². The summed E-state index contributed by atoms with van der Waals surface area (Å²) in [6, 6.07) is 3.80. The van der Waals surface area contributed by atoms with E-state index >= 15 is 0 Å². The van der Waals surface area contributed by atoms with Crippen molar-refractivity contribution in [1.82, 2.24) is 9.88 Å². The molecule has 2 heterocycles. The monoisotopic (exact) mass is 235 g/mol.